The standard InChI is InChI=1S/C19H25N3O2/c1-14(23)20-15-10-11-22(12-15)13-16-8-9-19(24-16)17-6-4-5-7-18(17)21(2)3/h4-9,15H,10-13H2,1-3H3,(H,20,23). The molecule has 1 aromatic heterocycles. The molecule has 1 aliphatic rings. The second kappa shape index (κ2) is 7.09. The van der Waals surface area contributed by atoms with Crippen LogP contribution in [0.1, 0.15) is 19.1 Å². The van der Waals surface area contributed by atoms with E-state index in [1.54, 1.807) is 6.92 Å². The number of amides is 1. The molecule has 1 amide bonds. The number of benzene rings is 1. The fourth-order valence-electron chi connectivity index (χ4n) is 3.28. The zero-order valence-electron chi connectivity index (χ0n) is 14.6. The van der Waals surface area contributed by atoms with Gasteiger partial charge in [0.2, 0.25) is 5.91 Å². The molecule has 5 nitrogen and oxygen atoms in total. The fourth-order valence-corrected chi connectivity index (χ4v) is 3.28. The Morgan fingerprint density at radius 3 is 2.83 bits per heavy atom. The van der Waals surface area contributed by atoms with Crippen LogP contribution in [0.25, 0.3) is 11.3 Å². The highest BCUT2D eigenvalue weighted by Crippen LogP contribution is 2.31. The summed E-state index contributed by atoms with van der Waals surface area (Å²) in [5.74, 6) is 1.90. The van der Waals surface area contributed by atoms with Crippen molar-refractivity contribution in [3.8, 4) is 11.3 Å². The summed E-state index contributed by atoms with van der Waals surface area (Å²) in [5, 5.41) is 2.99. The first-order valence-corrected chi connectivity index (χ1v) is 8.38. The summed E-state index contributed by atoms with van der Waals surface area (Å²) < 4.78 is 6.08. The first-order valence-electron chi connectivity index (χ1n) is 8.38. The zero-order valence-corrected chi connectivity index (χ0v) is 14.6. The van der Waals surface area contributed by atoms with Gasteiger partial charge in [-0.25, -0.2) is 0 Å². The van der Waals surface area contributed by atoms with Crippen molar-refractivity contribution in [3.05, 3.63) is 42.2 Å². The Balaban J connectivity index is 1.68. The van der Waals surface area contributed by atoms with Crippen LogP contribution in [0, 0.1) is 0 Å². The van der Waals surface area contributed by atoms with Crippen LogP contribution in [0.2, 0.25) is 0 Å². The predicted octanol–water partition coefficient (Wildman–Crippen LogP) is 2.72. The van der Waals surface area contributed by atoms with Crippen molar-refractivity contribution in [1.82, 2.24) is 10.2 Å². The molecule has 0 bridgehead atoms. The predicted molar refractivity (Wildman–Crippen MR) is 96.0 cm³/mol. The van der Waals surface area contributed by atoms with E-state index in [1.165, 1.54) is 0 Å². The van der Waals surface area contributed by atoms with E-state index in [1.807, 2.05) is 38.4 Å². The summed E-state index contributed by atoms with van der Waals surface area (Å²) in [6, 6.07) is 12.6. The van der Waals surface area contributed by atoms with Gasteiger partial charge in [-0.2, -0.15) is 0 Å². The molecule has 1 atom stereocenters. The third-order valence-electron chi connectivity index (χ3n) is 4.37. The van der Waals surface area contributed by atoms with E-state index in [0.29, 0.717) is 0 Å². The second-order valence-electron chi connectivity index (χ2n) is 6.60. The van der Waals surface area contributed by atoms with Crippen LogP contribution in [0.5, 0.6) is 0 Å². The van der Waals surface area contributed by atoms with Crippen LogP contribution in [-0.4, -0.2) is 44.0 Å². The highest BCUT2D eigenvalue weighted by atomic mass is 16.3. The molecule has 0 spiro atoms. The largest absolute Gasteiger partial charge is 0.460 e. The summed E-state index contributed by atoms with van der Waals surface area (Å²) in [5.41, 5.74) is 2.25. The lowest BCUT2D eigenvalue weighted by Crippen LogP contribution is -2.35. The first-order chi connectivity index (χ1) is 11.5. The number of nitrogens with one attached hydrogen (secondary N) is 1. The molecule has 1 aliphatic heterocycles. The normalized spacial score (nSPS) is 17.9. The lowest BCUT2D eigenvalue weighted by Gasteiger charge is -2.16. The van der Waals surface area contributed by atoms with E-state index in [9.17, 15) is 4.79 Å². The van der Waals surface area contributed by atoms with Gasteiger partial charge in [0, 0.05) is 51.4 Å². The molecule has 1 fully saturated rings. The van der Waals surface area contributed by atoms with Crippen molar-refractivity contribution in [2.75, 3.05) is 32.1 Å². The van der Waals surface area contributed by atoms with Crippen LogP contribution in [0.3, 0.4) is 0 Å². The Bertz CT molecular complexity index is 708. The van der Waals surface area contributed by atoms with Crippen molar-refractivity contribution in [2.24, 2.45) is 0 Å². The molecular weight excluding hydrogens is 302 g/mol. The zero-order chi connectivity index (χ0) is 17.1. The number of carbonyl (C=O) groups is 1. The van der Waals surface area contributed by atoms with E-state index in [4.69, 9.17) is 4.42 Å². The number of anilines is 1. The van der Waals surface area contributed by atoms with Crippen molar-refractivity contribution >= 4 is 11.6 Å². The first kappa shape index (κ1) is 16.6. The minimum absolute atomic E-state index is 0.0439. The van der Waals surface area contributed by atoms with Gasteiger partial charge in [-0.15, -0.1) is 0 Å². The summed E-state index contributed by atoms with van der Waals surface area (Å²) in [6.45, 7) is 4.21. The number of hydrogen-bond acceptors (Lipinski definition) is 4. The van der Waals surface area contributed by atoms with E-state index < -0.39 is 0 Å². The van der Waals surface area contributed by atoms with Gasteiger partial charge in [-0.3, -0.25) is 9.69 Å². The number of carbonyl (C=O) groups excluding carboxylic acids is 1. The minimum atomic E-state index is 0.0439. The van der Waals surface area contributed by atoms with Crippen molar-refractivity contribution in [1.29, 1.82) is 0 Å². The molecule has 0 saturated carbocycles. The van der Waals surface area contributed by atoms with Crippen molar-refractivity contribution < 1.29 is 9.21 Å². The minimum Gasteiger partial charge on any atom is -0.460 e. The van der Waals surface area contributed by atoms with Crippen LogP contribution < -0.4 is 10.2 Å². The molecule has 0 aliphatic carbocycles. The maximum atomic E-state index is 11.2. The average molecular weight is 327 g/mol. The molecule has 2 heterocycles. The summed E-state index contributed by atoms with van der Waals surface area (Å²) in [7, 11) is 4.07. The van der Waals surface area contributed by atoms with Gasteiger partial charge in [-0.1, -0.05) is 12.1 Å². The van der Waals surface area contributed by atoms with Gasteiger partial charge in [0.1, 0.15) is 11.5 Å². The summed E-state index contributed by atoms with van der Waals surface area (Å²) in [4.78, 5) is 15.6. The monoisotopic (exact) mass is 327 g/mol. The van der Waals surface area contributed by atoms with Gasteiger partial charge in [0.15, 0.2) is 0 Å². The molecule has 2 aromatic rings. The number of para-hydroxylation sites is 1. The van der Waals surface area contributed by atoms with E-state index in [2.05, 4.69) is 27.2 Å². The van der Waals surface area contributed by atoms with Gasteiger partial charge < -0.3 is 14.6 Å². The summed E-state index contributed by atoms with van der Waals surface area (Å²) in [6.07, 6.45) is 0.997. The molecule has 24 heavy (non-hydrogen) atoms. The van der Waals surface area contributed by atoms with Crippen LogP contribution in [0.15, 0.2) is 40.8 Å². The highest BCUT2D eigenvalue weighted by molar-refractivity contribution is 5.75. The summed E-state index contributed by atoms with van der Waals surface area (Å²) >= 11 is 0. The van der Waals surface area contributed by atoms with Crippen LogP contribution >= 0.6 is 0 Å². The molecule has 5 heteroatoms. The lowest BCUT2D eigenvalue weighted by atomic mass is 10.1. The van der Waals surface area contributed by atoms with E-state index in [0.717, 1.165) is 48.8 Å². The Morgan fingerprint density at radius 1 is 1.29 bits per heavy atom. The molecule has 1 saturated heterocycles. The van der Waals surface area contributed by atoms with Crippen molar-refractivity contribution in [3.63, 3.8) is 0 Å². The Labute approximate surface area is 143 Å². The highest BCUT2D eigenvalue weighted by Gasteiger charge is 2.23. The maximum Gasteiger partial charge on any atom is 0.217 e. The average Bonchev–Trinajstić information content (AvgIpc) is 3.17. The van der Waals surface area contributed by atoms with Gasteiger partial charge >= 0.3 is 0 Å². The molecule has 1 aromatic carbocycles. The van der Waals surface area contributed by atoms with E-state index >= 15 is 0 Å². The van der Waals surface area contributed by atoms with Crippen LogP contribution in [0.4, 0.5) is 5.69 Å². The number of furan rings is 1. The topological polar surface area (TPSA) is 48.7 Å². The van der Waals surface area contributed by atoms with E-state index in [-0.39, 0.29) is 11.9 Å². The number of rotatable bonds is 5. The Kier molecular flexibility index (Phi) is 4.90. The van der Waals surface area contributed by atoms with Gasteiger partial charge in [0.25, 0.3) is 0 Å². The molecule has 3 rings (SSSR count). The maximum absolute atomic E-state index is 11.2. The second-order valence-corrected chi connectivity index (χ2v) is 6.60. The third kappa shape index (κ3) is 3.79. The van der Waals surface area contributed by atoms with Crippen molar-refractivity contribution in [2.45, 2.75) is 25.9 Å². The number of nitrogens with zero attached hydrogens (tertiary/aromatic N) is 2. The van der Waals surface area contributed by atoms with Gasteiger partial charge in [0.05, 0.1) is 6.54 Å². The molecule has 0 radical (unpaired) electrons. The molecule has 1 N–H and O–H groups in total. The molecule has 1 unspecified atom stereocenters. The van der Waals surface area contributed by atoms with Gasteiger partial charge in [-0.05, 0) is 30.7 Å². The smallest absolute Gasteiger partial charge is 0.217 e. The van der Waals surface area contributed by atoms with Crippen LogP contribution in [-0.2, 0) is 11.3 Å². The molecule has 128 valence electrons. The quantitative estimate of drug-likeness (QED) is 0.917. The fraction of sp³-hybridized carbons (Fsp3) is 0.421. The SMILES string of the molecule is CC(=O)NC1CCN(Cc2ccc(-c3ccccc3N(C)C)o2)C1. The Morgan fingerprint density at radius 2 is 2.08 bits per heavy atom. The molecular formula is C19H25N3O2. The Hall–Kier alpha value is -2.27. The number of likely N-dealkylation sites (tertiary alicyclic amines) is 1. The number of hydrogen-bond donors (Lipinski definition) is 1. The third-order valence-corrected chi connectivity index (χ3v) is 4.37. The lowest BCUT2D eigenvalue weighted by molar-refractivity contribution is -0.119.